The monoisotopic (exact) mass is 442 g/mol. The van der Waals surface area contributed by atoms with Gasteiger partial charge < -0.3 is 16.0 Å². The number of hydrogen-bond donors (Lipinski definition) is 3. The van der Waals surface area contributed by atoms with Crippen molar-refractivity contribution in [3.8, 4) is 0 Å². The number of hydrogen-bond acceptors (Lipinski definition) is 6. The molecular formula is C24H26N8O. The maximum absolute atomic E-state index is 12.4. The Hall–Kier alpha value is -4.01. The molecule has 0 bridgehead atoms. The van der Waals surface area contributed by atoms with E-state index in [0.717, 1.165) is 23.3 Å². The van der Waals surface area contributed by atoms with Crippen LogP contribution in [0.1, 0.15) is 49.9 Å². The summed E-state index contributed by atoms with van der Waals surface area (Å²) in [6, 6.07) is 11.2. The van der Waals surface area contributed by atoms with Crippen LogP contribution in [-0.2, 0) is 6.54 Å². The lowest BCUT2D eigenvalue weighted by molar-refractivity contribution is 0.262. The maximum Gasteiger partial charge on any atom is 0.323 e. The molecule has 1 aliphatic rings. The summed E-state index contributed by atoms with van der Waals surface area (Å²) in [7, 11) is 0. The number of aryl methyl sites for hydroxylation is 1. The van der Waals surface area contributed by atoms with E-state index in [-0.39, 0.29) is 12.1 Å². The summed E-state index contributed by atoms with van der Waals surface area (Å²) >= 11 is 0. The van der Waals surface area contributed by atoms with Gasteiger partial charge in [-0.2, -0.15) is 5.10 Å². The second-order valence-electron chi connectivity index (χ2n) is 8.27. The molecule has 0 aliphatic heterocycles. The predicted molar refractivity (Wildman–Crippen MR) is 128 cm³/mol. The zero-order valence-corrected chi connectivity index (χ0v) is 18.6. The first-order valence-corrected chi connectivity index (χ1v) is 11.2. The van der Waals surface area contributed by atoms with Crippen molar-refractivity contribution in [2.75, 3.05) is 16.0 Å². The van der Waals surface area contributed by atoms with Crippen molar-refractivity contribution < 1.29 is 4.79 Å². The normalized spacial score (nSPS) is 14.1. The molecule has 1 aromatic carbocycles. The molecule has 3 heterocycles. The lowest BCUT2D eigenvalue weighted by atomic mass is 10.1. The lowest BCUT2D eigenvalue weighted by Crippen LogP contribution is -2.19. The van der Waals surface area contributed by atoms with E-state index in [1.54, 1.807) is 12.4 Å². The van der Waals surface area contributed by atoms with Gasteiger partial charge in [0.1, 0.15) is 11.3 Å². The van der Waals surface area contributed by atoms with E-state index in [0.29, 0.717) is 28.8 Å². The Morgan fingerprint density at radius 3 is 2.73 bits per heavy atom. The SMILES string of the molecule is CCn1cc2ncc(N[C@@H](C)c3cccc(NC(=O)Nc4ccc(C5CC5)nc4)c3)nc2n1. The van der Waals surface area contributed by atoms with Crippen molar-refractivity contribution in [3.63, 3.8) is 0 Å². The number of pyridine rings is 1. The van der Waals surface area contributed by atoms with Crippen LogP contribution in [0.5, 0.6) is 0 Å². The number of amides is 2. The Bertz CT molecular complexity index is 1280. The Kier molecular flexibility index (Phi) is 5.60. The van der Waals surface area contributed by atoms with Crippen LogP contribution in [0.15, 0.2) is 55.0 Å². The highest BCUT2D eigenvalue weighted by Gasteiger charge is 2.24. The molecule has 9 nitrogen and oxygen atoms in total. The van der Waals surface area contributed by atoms with Gasteiger partial charge in [-0.1, -0.05) is 12.1 Å². The van der Waals surface area contributed by atoms with E-state index in [1.165, 1.54) is 12.8 Å². The molecule has 0 spiro atoms. The number of fused-ring (bicyclic) bond motifs is 1. The van der Waals surface area contributed by atoms with E-state index in [1.807, 2.05) is 61.1 Å². The van der Waals surface area contributed by atoms with Crippen LogP contribution in [0, 0.1) is 0 Å². The van der Waals surface area contributed by atoms with Crippen LogP contribution >= 0.6 is 0 Å². The summed E-state index contributed by atoms with van der Waals surface area (Å²) in [5, 5.41) is 13.5. The third-order valence-electron chi connectivity index (χ3n) is 5.65. The number of carbonyl (C=O) groups excluding carboxylic acids is 1. The number of carbonyl (C=O) groups is 1. The quantitative estimate of drug-likeness (QED) is 0.374. The van der Waals surface area contributed by atoms with Gasteiger partial charge in [0, 0.05) is 23.8 Å². The molecule has 3 N–H and O–H groups in total. The summed E-state index contributed by atoms with van der Waals surface area (Å²) in [6.07, 6.45) is 7.70. The van der Waals surface area contributed by atoms with Crippen molar-refractivity contribution in [3.05, 3.63) is 66.2 Å². The Morgan fingerprint density at radius 2 is 1.97 bits per heavy atom. The van der Waals surface area contributed by atoms with Crippen LogP contribution in [0.3, 0.4) is 0 Å². The standard InChI is InChI=1S/C24H26N8O/c1-3-32-14-21-23(31-32)30-22(13-26-21)27-15(2)17-5-4-6-18(11-17)28-24(33)29-19-9-10-20(25-12-19)16-7-8-16/h4-6,9-16H,3,7-8H2,1-2H3,(H,27,30,31)(H2,28,29,33)/t15-/m0/s1. The van der Waals surface area contributed by atoms with Gasteiger partial charge in [0.25, 0.3) is 0 Å². The first-order valence-electron chi connectivity index (χ1n) is 11.2. The van der Waals surface area contributed by atoms with Gasteiger partial charge in [-0.05, 0) is 56.5 Å². The molecule has 0 unspecified atom stereocenters. The molecule has 0 saturated heterocycles. The number of anilines is 3. The van der Waals surface area contributed by atoms with Gasteiger partial charge in [-0.25, -0.2) is 14.8 Å². The molecule has 0 radical (unpaired) electrons. The number of aromatic nitrogens is 5. The Morgan fingerprint density at radius 1 is 1.12 bits per heavy atom. The van der Waals surface area contributed by atoms with Gasteiger partial charge in [0.2, 0.25) is 5.65 Å². The van der Waals surface area contributed by atoms with Crippen LogP contribution in [-0.4, -0.2) is 30.8 Å². The number of urea groups is 1. The topological polar surface area (TPSA) is 110 Å². The maximum atomic E-state index is 12.4. The molecule has 4 aromatic rings. The van der Waals surface area contributed by atoms with Gasteiger partial charge in [0.15, 0.2) is 0 Å². The number of nitrogens with zero attached hydrogens (tertiary/aromatic N) is 5. The lowest BCUT2D eigenvalue weighted by Gasteiger charge is -2.16. The molecular weight excluding hydrogens is 416 g/mol. The highest BCUT2D eigenvalue weighted by atomic mass is 16.2. The Balaban J connectivity index is 1.22. The summed E-state index contributed by atoms with van der Waals surface area (Å²) in [6.45, 7) is 4.83. The fraction of sp³-hybridized carbons (Fsp3) is 0.292. The first kappa shape index (κ1) is 20.9. The van der Waals surface area contributed by atoms with E-state index in [9.17, 15) is 4.79 Å². The van der Waals surface area contributed by atoms with Crippen molar-refractivity contribution >= 4 is 34.4 Å². The molecule has 33 heavy (non-hydrogen) atoms. The molecule has 2 amide bonds. The highest BCUT2D eigenvalue weighted by Crippen LogP contribution is 2.38. The predicted octanol–water partition coefficient (Wildman–Crippen LogP) is 4.94. The van der Waals surface area contributed by atoms with E-state index in [4.69, 9.17) is 0 Å². The second kappa shape index (κ2) is 8.85. The van der Waals surface area contributed by atoms with E-state index >= 15 is 0 Å². The van der Waals surface area contributed by atoms with Crippen LogP contribution in [0.2, 0.25) is 0 Å². The van der Waals surface area contributed by atoms with Crippen LogP contribution in [0.4, 0.5) is 22.0 Å². The molecule has 1 saturated carbocycles. The summed E-state index contributed by atoms with van der Waals surface area (Å²) in [4.78, 5) is 25.9. The molecule has 3 aromatic heterocycles. The summed E-state index contributed by atoms with van der Waals surface area (Å²) < 4.78 is 1.82. The van der Waals surface area contributed by atoms with Gasteiger partial charge in [-0.3, -0.25) is 9.67 Å². The van der Waals surface area contributed by atoms with Gasteiger partial charge in [0.05, 0.1) is 30.3 Å². The largest absolute Gasteiger partial charge is 0.362 e. The minimum absolute atomic E-state index is 0.0472. The van der Waals surface area contributed by atoms with Gasteiger partial charge in [-0.15, -0.1) is 0 Å². The van der Waals surface area contributed by atoms with Crippen molar-refractivity contribution in [1.82, 2.24) is 24.7 Å². The van der Waals surface area contributed by atoms with Crippen LogP contribution in [0.25, 0.3) is 11.2 Å². The van der Waals surface area contributed by atoms with E-state index < -0.39 is 0 Å². The minimum Gasteiger partial charge on any atom is -0.362 e. The molecule has 9 heteroatoms. The zero-order valence-electron chi connectivity index (χ0n) is 18.6. The Labute approximate surface area is 191 Å². The van der Waals surface area contributed by atoms with Crippen molar-refractivity contribution in [1.29, 1.82) is 0 Å². The third-order valence-corrected chi connectivity index (χ3v) is 5.65. The van der Waals surface area contributed by atoms with Crippen molar-refractivity contribution in [2.24, 2.45) is 0 Å². The average Bonchev–Trinajstić information content (AvgIpc) is 3.58. The molecule has 1 fully saturated rings. The van der Waals surface area contributed by atoms with Crippen LogP contribution < -0.4 is 16.0 Å². The fourth-order valence-corrected chi connectivity index (χ4v) is 3.66. The average molecular weight is 443 g/mol. The number of rotatable bonds is 7. The zero-order chi connectivity index (χ0) is 22.8. The molecule has 5 rings (SSSR count). The number of benzene rings is 1. The van der Waals surface area contributed by atoms with E-state index in [2.05, 4.69) is 36.0 Å². The molecule has 1 aliphatic carbocycles. The van der Waals surface area contributed by atoms with Crippen molar-refractivity contribution in [2.45, 2.75) is 45.2 Å². The summed E-state index contributed by atoms with van der Waals surface area (Å²) in [5.41, 5.74) is 4.85. The molecule has 168 valence electrons. The molecule has 1 atom stereocenters. The number of nitrogens with one attached hydrogen (secondary N) is 3. The minimum atomic E-state index is -0.309. The first-order chi connectivity index (χ1) is 16.1. The smallest absolute Gasteiger partial charge is 0.323 e. The fourth-order valence-electron chi connectivity index (χ4n) is 3.66. The highest BCUT2D eigenvalue weighted by molar-refractivity contribution is 5.99. The summed E-state index contributed by atoms with van der Waals surface area (Å²) in [5.74, 6) is 1.24. The third kappa shape index (κ3) is 4.92. The second-order valence-corrected chi connectivity index (χ2v) is 8.27. The van der Waals surface area contributed by atoms with Gasteiger partial charge >= 0.3 is 6.03 Å².